The fourth-order valence-electron chi connectivity index (χ4n) is 1.32. The van der Waals surface area contributed by atoms with Crippen LogP contribution in [-0.4, -0.2) is 30.6 Å². The summed E-state index contributed by atoms with van der Waals surface area (Å²) in [4.78, 5) is 0. The highest BCUT2D eigenvalue weighted by Crippen LogP contribution is 2.20. The maximum absolute atomic E-state index is 5.59. The van der Waals surface area contributed by atoms with Gasteiger partial charge < -0.3 is 4.74 Å². The van der Waals surface area contributed by atoms with Crippen molar-refractivity contribution >= 4 is 23.4 Å². The largest absolute Gasteiger partial charge is 0.381 e. The number of halogens is 1. The maximum Gasteiger partial charge on any atom is 0.0468 e. The molecule has 0 aromatic heterocycles. The molecule has 1 nitrogen and oxygen atoms in total. The molecule has 1 heterocycles. The maximum atomic E-state index is 5.59. The smallest absolute Gasteiger partial charge is 0.0468 e. The van der Waals surface area contributed by atoms with Crippen LogP contribution in [0.25, 0.3) is 0 Å². The van der Waals surface area contributed by atoms with Crippen LogP contribution in [0.3, 0.4) is 0 Å². The molecule has 0 N–H and O–H groups in total. The topological polar surface area (TPSA) is 9.23 Å². The highest BCUT2D eigenvalue weighted by Gasteiger charge is 2.12. The lowest BCUT2D eigenvalue weighted by molar-refractivity contribution is 0.0728. The van der Waals surface area contributed by atoms with E-state index in [0.29, 0.717) is 0 Å². The Kier molecular flexibility index (Phi) is 6.27. The van der Waals surface area contributed by atoms with E-state index in [0.717, 1.165) is 31.4 Å². The summed E-state index contributed by atoms with van der Waals surface area (Å²) in [6.07, 6.45) is 3.66. The minimum Gasteiger partial charge on any atom is -0.381 e. The Labute approximate surface area is 84.2 Å². The van der Waals surface area contributed by atoms with Gasteiger partial charge in [0.1, 0.15) is 0 Å². The van der Waals surface area contributed by atoms with Crippen LogP contribution in [0.5, 0.6) is 0 Å². The van der Waals surface area contributed by atoms with Crippen molar-refractivity contribution in [2.24, 2.45) is 5.92 Å². The molecule has 3 heteroatoms. The highest BCUT2D eigenvalue weighted by atomic mass is 35.5. The summed E-state index contributed by atoms with van der Waals surface area (Å²) in [5.41, 5.74) is 0. The van der Waals surface area contributed by atoms with Crippen molar-refractivity contribution in [1.82, 2.24) is 0 Å². The first kappa shape index (κ1) is 10.7. The van der Waals surface area contributed by atoms with Gasteiger partial charge in [-0.15, -0.1) is 11.6 Å². The Bertz CT molecular complexity index is 105. The van der Waals surface area contributed by atoms with Gasteiger partial charge in [0.2, 0.25) is 0 Å². The molecule has 1 aliphatic heterocycles. The van der Waals surface area contributed by atoms with Crippen LogP contribution in [0.4, 0.5) is 0 Å². The number of hydrogen-bond acceptors (Lipinski definition) is 2. The van der Waals surface area contributed by atoms with E-state index in [1.807, 2.05) is 11.8 Å². The first-order valence-corrected chi connectivity index (χ1v) is 6.34. The molecule has 0 saturated carbocycles. The summed E-state index contributed by atoms with van der Waals surface area (Å²) in [5, 5.41) is 0. The lowest BCUT2D eigenvalue weighted by Crippen LogP contribution is -2.17. The van der Waals surface area contributed by atoms with Gasteiger partial charge >= 0.3 is 0 Å². The van der Waals surface area contributed by atoms with Gasteiger partial charge in [-0.2, -0.15) is 11.8 Å². The van der Waals surface area contributed by atoms with E-state index < -0.39 is 0 Å². The van der Waals surface area contributed by atoms with Crippen molar-refractivity contribution in [3.8, 4) is 0 Å². The fraction of sp³-hybridized carbons (Fsp3) is 1.00. The Hall–Kier alpha value is 0.600. The van der Waals surface area contributed by atoms with Gasteiger partial charge in [0, 0.05) is 19.1 Å². The Morgan fingerprint density at radius 3 is 2.75 bits per heavy atom. The molecule has 72 valence electrons. The van der Waals surface area contributed by atoms with Gasteiger partial charge in [-0.05, 0) is 36.7 Å². The first-order valence-electron chi connectivity index (χ1n) is 4.65. The molecule has 12 heavy (non-hydrogen) atoms. The van der Waals surface area contributed by atoms with Gasteiger partial charge in [-0.1, -0.05) is 0 Å². The molecule has 1 saturated heterocycles. The second kappa shape index (κ2) is 7.05. The fourth-order valence-corrected chi connectivity index (χ4v) is 2.79. The molecule has 0 bridgehead atoms. The van der Waals surface area contributed by atoms with E-state index in [-0.39, 0.29) is 0 Å². The Morgan fingerprint density at radius 1 is 1.33 bits per heavy atom. The minimum atomic E-state index is 0.806. The van der Waals surface area contributed by atoms with Gasteiger partial charge in [-0.25, -0.2) is 0 Å². The predicted molar refractivity (Wildman–Crippen MR) is 56.2 cm³/mol. The Morgan fingerprint density at radius 2 is 2.08 bits per heavy atom. The molecule has 1 aliphatic rings. The molecular formula is C9H17ClOS. The van der Waals surface area contributed by atoms with Crippen molar-refractivity contribution < 1.29 is 4.74 Å². The quantitative estimate of drug-likeness (QED) is 0.508. The zero-order valence-electron chi connectivity index (χ0n) is 7.43. The van der Waals surface area contributed by atoms with E-state index in [4.69, 9.17) is 16.3 Å². The molecule has 0 radical (unpaired) electrons. The average molecular weight is 209 g/mol. The third-order valence-corrected chi connectivity index (χ3v) is 3.67. The average Bonchev–Trinajstić information content (AvgIpc) is 2.14. The molecule has 0 spiro atoms. The van der Waals surface area contributed by atoms with Gasteiger partial charge in [0.25, 0.3) is 0 Å². The van der Waals surface area contributed by atoms with Crippen molar-refractivity contribution in [2.75, 3.05) is 30.6 Å². The minimum absolute atomic E-state index is 0.806. The highest BCUT2D eigenvalue weighted by molar-refractivity contribution is 7.99. The normalized spacial score (nSPS) is 19.8. The van der Waals surface area contributed by atoms with E-state index in [1.54, 1.807) is 0 Å². The van der Waals surface area contributed by atoms with Crippen LogP contribution in [0.15, 0.2) is 0 Å². The van der Waals surface area contributed by atoms with Gasteiger partial charge in [0.05, 0.1) is 0 Å². The first-order chi connectivity index (χ1) is 5.93. The zero-order chi connectivity index (χ0) is 8.65. The monoisotopic (exact) mass is 208 g/mol. The predicted octanol–water partition coefficient (Wildman–Crippen LogP) is 2.78. The molecular weight excluding hydrogens is 192 g/mol. The second-order valence-corrected chi connectivity index (χ2v) is 4.70. The number of rotatable bonds is 5. The molecule has 0 aromatic carbocycles. The third-order valence-electron chi connectivity index (χ3n) is 2.12. The summed E-state index contributed by atoms with van der Waals surface area (Å²) in [6.45, 7) is 1.95. The molecule has 1 fully saturated rings. The van der Waals surface area contributed by atoms with Crippen molar-refractivity contribution in [1.29, 1.82) is 0 Å². The molecule has 0 unspecified atom stereocenters. The van der Waals surface area contributed by atoms with Crippen LogP contribution in [0.2, 0.25) is 0 Å². The van der Waals surface area contributed by atoms with Crippen molar-refractivity contribution in [2.45, 2.75) is 19.3 Å². The van der Waals surface area contributed by atoms with Gasteiger partial charge in [-0.3, -0.25) is 0 Å². The van der Waals surface area contributed by atoms with Crippen LogP contribution in [0.1, 0.15) is 19.3 Å². The van der Waals surface area contributed by atoms with Crippen molar-refractivity contribution in [3.05, 3.63) is 0 Å². The van der Waals surface area contributed by atoms with Crippen LogP contribution >= 0.6 is 23.4 Å². The molecule has 1 rings (SSSR count). The number of hydrogen-bond donors (Lipinski definition) is 0. The summed E-state index contributed by atoms with van der Waals surface area (Å²) >= 11 is 7.63. The summed E-state index contributed by atoms with van der Waals surface area (Å²) < 4.78 is 5.30. The number of ether oxygens (including phenoxy) is 1. The van der Waals surface area contributed by atoms with Crippen LogP contribution < -0.4 is 0 Å². The van der Waals surface area contributed by atoms with Gasteiger partial charge in [0.15, 0.2) is 0 Å². The van der Waals surface area contributed by atoms with Crippen molar-refractivity contribution in [3.63, 3.8) is 0 Å². The van der Waals surface area contributed by atoms with Crippen LogP contribution in [-0.2, 0) is 4.74 Å². The van der Waals surface area contributed by atoms with Crippen LogP contribution in [0, 0.1) is 5.92 Å². The standard InChI is InChI=1S/C9H17ClOS/c10-4-1-7-12-8-9-2-5-11-6-3-9/h9H,1-8H2. The lowest BCUT2D eigenvalue weighted by atomic mass is 10.0. The van der Waals surface area contributed by atoms with E-state index in [1.165, 1.54) is 24.3 Å². The second-order valence-electron chi connectivity index (χ2n) is 3.17. The summed E-state index contributed by atoms with van der Waals surface area (Å²) in [5.74, 6) is 4.24. The SMILES string of the molecule is ClCCCSCC1CCOCC1. The summed E-state index contributed by atoms with van der Waals surface area (Å²) in [7, 11) is 0. The number of thioether (sulfide) groups is 1. The molecule has 0 atom stereocenters. The Balaban J connectivity index is 1.91. The molecule has 0 aromatic rings. The summed E-state index contributed by atoms with van der Waals surface area (Å²) in [6, 6.07) is 0. The third kappa shape index (κ3) is 4.58. The van der Waals surface area contributed by atoms with E-state index >= 15 is 0 Å². The van der Waals surface area contributed by atoms with E-state index in [2.05, 4.69) is 0 Å². The molecule has 0 aliphatic carbocycles. The number of alkyl halides is 1. The molecule has 0 amide bonds. The van der Waals surface area contributed by atoms with E-state index in [9.17, 15) is 0 Å². The lowest BCUT2D eigenvalue weighted by Gasteiger charge is -2.21. The zero-order valence-corrected chi connectivity index (χ0v) is 9.00.